The molecule has 1 fully saturated rings. The normalized spacial score (nSPS) is 39.4. The number of carbonyl (C=O) groups excluding carboxylic acids is 1. The molecule has 0 saturated carbocycles. The van der Waals surface area contributed by atoms with Gasteiger partial charge in [0.1, 0.15) is 24.5 Å². The Hall–Kier alpha value is -0.770. The van der Waals surface area contributed by atoms with Gasteiger partial charge in [0.05, 0.1) is 19.2 Å². The number of carbonyl (C=O) groups is 1. The summed E-state index contributed by atoms with van der Waals surface area (Å²) in [6.07, 6.45) is -4.59. The molecule has 1 saturated heterocycles. The first-order chi connectivity index (χ1) is 7.51. The molecule has 1 heterocycles. The minimum absolute atomic E-state index is 0.255. The summed E-state index contributed by atoms with van der Waals surface area (Å²) in [5.74, 6) is -0.516. The fraction of sp³-hybridized carbons (Fsp3) is 0.875. The van der Waals surface area contributed by atoms with Crippen molar-refractivity contribution in [2.24, 2.45) is 11.5 Å². The summed E-state index contributed by atoms with van der Waals surface area (Å²) >= 11 is 0. The highest BCUT2D eigenvalue weighted by molar-refractivity contribution is 5.78. The van der Waals surface area contributed by atoms with Crippen LogP contribution in [0.1, 0.15) is 0 Å². The SMILES string of the molecule is NCC(=O)N[C@@H]1[C@@H](O)[C@H](O)[C@@H](CO)O[C@H]1N. The second kappa shape index (κ2) is 5.53. The minimum atomic E-state index is -1.31. The zero-order valence-electron chi connectivity index (χ0n) is 8.61. The Morgan fingerprint density at radius 1 is 1.38 bits per heavy atom. The first-order valence-corrected chi connectivity index (χ1v) is 4.88. The molecule has 0 unspecified atom stereocenters. The van der Waals surface area contributed by atoms with Crippen molar-refractivity contribution in [3.63, 3.8) is 0 Å². The Balaban J connectivity index is 2.67. The molecule has 0 radical (unpaired) electrons. The van der Waals surface area contributed by atoms with E-state index in [1.807, 2.05) is 0 Å². The van der Waals surface area contributed by atoms with Gasteiger partial charge in [0.25, 0.3) is 0 Å². The third-order valence-corrected chi connectivity index (χ3v) is 2.48. The molecule has 1 aliphatic rings. The van der Waals surface area contributed by atoms with Gasteiger partial charge < -0.3 is 36.8 Å². The Morgan fingerprint density at radius 3 is 2.50 bits per heavy atom. The summed E-state index contributed by atoms with van der Waals surface area (Å²) in [6.45, 7) is -0.723. The second-order valence-electron chi connectivity index (χ2n) is 3.60. The lowest BCUT2D eigenvalue weighted by atomic mass is 9.96. The second-order valence-corrected chi connectivity index (χ2v) is 3.60. The summed E-state index contributed by atoms with van der Waals surface area (Å²) in [7, 11) is 0. The van der Waals surface area contributed by atoms with Crippen LogP contribution in [0, 0.1) is 0 Å². The largest absolute Gasteiger partial charge is 0.394 e. The number of aliphatic hydroxyl groups is 3. The third-order valence-electron chi connectivity index (χ3n) is 2.48. The average molecular weight is 235 g/mol. The molecule has 8 N–H and O–H groups in total. The fourth-order valence-electron chi connectivity index (χ4n) is 1.56. The molecule has 8 nitrogen and oxygen atoms in total. The van der Waals surface area contributed by atoms with Crippen molar-refractivity contribution >= 4 is 5.91 Å². The van der Waals surface area contributed by atoms with Gasteiger partial charge in [-0.3, -0.25) is 4.79 Å². The highest BCUT2D eigenvalue weighted by Crippen LogP contribution is 2.18. The first kappa shape index (κ1) is 13.3. The molecule has 0 aromatic heterocycles. The minimum Gasteiger partial charge on any atom is -0.394 e. The van der Waals surface area contributed by atoms with Gasteiger partial charge >= 0.3 is 0 Å². The topological polar surface area (TPSA) is 151 Å². The van der Waals surface area contributed by atoms with Gasteiger partial charge in [0.15, 0.2) is 0 Å². The van der Waals surface area contributed by atoms with Gasteiger partial charge in [-0.05, 0) is 0 Å². The molecule has 5 atom stereocenters. The fourth-order valence-corrected chi connectivity index (χ4v) is 1.56. The van der Waals surface area contributed by atoms with E-state index in [2.05, 4.69) is 5.32 Å². The van der Waals surface area contributed by atoms with Gasteiger partial charge in [0.2, 0.25) is 5.91 Å². The van der Waals surface area contributed by atoms with Crippen LogP contribution in [0.4, 0.5) is 0 Å². The molecule has 8 heteroatoms. The van der Waals surface area contributed by atoms with Crippen LogP contribution in [0.5, 0.6) is 0 Å². The zero-order valence-corrected chi connectivity index (χ0v) is 8.61. The number of aliphatic hydroxyl groups excluding tert-OH is 3. The van der Waals surface area contributed by atoms with Crippen LogP contribution in [0.3, 0.4) is 0 Å². The molecule has 1 rings (SSSR count). The summed E-state index contributed by atoms with van der Waals surface area (Å²) in [6, 6.07) is -0.950. The molecule has 1 aliphatic heterocycles. The van der Waals surface area contributed by atoms with E-state index in [0.717, 1.165) is 0 Å². The Morgan fingerprint density at radius 2 is 2.00 bits per heavy atom. The van der Waals surface area contributed by atoms with Crippen LogP contribution in [0.2, 0.25) is 0 Å². The highest BCUT2D eigenvalue weighted by atomic mass is 16.5. The van der Waals surface area contributed by atoms with Gasteiger partial charge in [-0.25, -0.2) is 0 Å². The molecular weight excluding hydrogens is 218 g/mol. The number of hydrogen-bond acceptors (Lipinski definition) is 7. The number of rotatable bonds is 3. The average Bonchev–Trinajstić information content (AvgIpc) is 2.28. The van der Waals surface area contributed by atoms with E-state index in [1.165, 1.54) is 0 Å². The van der Waals surface area contributed by atoms with Crippen molar-refractivity contribution in [1.82, 2.24) is 5.32 Å². The Bertz CT molecular complexity index is 252. The van der Waals surface area contributed by atoms with Crippen molar-refractivity contribution in [1.29, 1.82) is 0 Å². The predicted molar refractivity (Wildman–Crippen MR) is 52.9 cm³/mol. The van der Waals surface area contributed by atoms with E-state index in [9.17, 15) is 15.0 Å². The summed E-state index contributed by atoms with van der Waals surface area (Å²) in [5, 5.41) is 30.4. The monoisotopic (exact) mass is 235 g/mol. The van der Waals surface area contributed by atoms with E-state index in [4.69, 9.17) is 21.3 Å². The van der Waals surface area contributed by atoms with Crippen LogP contribution < -0.4 is 16.8 Å². The molecule has 0 aliphatic carbocycles. The van der Waals surface area contributed by atoms with Gasteiger partial charge in [-0.15, -0.1) is 0 Å². The van der Waals surface area contributed by atoms with Gasteiger partial charge in [-0.2, -0.15) is 0 Å². The molecule has 1 amide bonds. The first-order valence-electron chi connectivity index (χ1n) is 4.88. The van der Waals surface area contributed by atoms with E-state index in [1.54, 1.807) is 0 Å². The number of nitrogens with two attached hydrogens (primary N) is 2. The molecule has 94 valence electrons. The quantitative estimate of drug-likeness (QED) is 0.290. The lowest BCUT2D eigenvalue weighted by Crippen LogP contribution is -2.67. The maximum atomic E-state index is 11.0. The lowest BCUT2D eigenvalue weighted by Gasteiger charge is -2.40. The number of hydrogen-bond donors (Lipinski definition) is 6. The van der Waals surface area contributed by atoms with E-state index >= 15 is 0 Å². The predicted octanol–water partition coefficient (Wildman–Crippen LogP) is -4.17. The van der Waals surface area contributed by atoms with Crippen molar-refractivity contribution in [2.75, 3.05) is 13.2 Å². The third kappa shape index (κ3) is 2.67. The standard InChI is InChI=1S/C8H17N3O5/c9-1-4(13)11-5-7(15)6(14)3(2-12)16-8(5)10/h3,5-8,12,14-15H,1-2,9-10H2,(H,11,13)/t3-,5-,6-,7-,8-/m1/s1. The van der Waals surface area contributed by atoms with E-state index < -0.39 is 43.1 Å². The van der Waals surface area contributed by atoms with Crippen LogP contribution in [0.25, 0.3) is 0 Å². The molecule has 0 aromatic carbocycles. The number of ether oxygens (including phenoxy) is 1. The van der Waals surface area contributed by atoms with Crippen LogP contribution in [-0.4, -0.2) is 65.0 Å². The van der Waals surface area contributed by atoms with Gasteiger partial charge in [-0.1, -0.05) is 0 Å². The van der Waals surface area contributed by atoms with Gasteiger partial charge in [0, 0.05) is 0 Å². The smallest absolute Gasteiger partial charge is 0.234 e. The molecular formula is C8H17N3O5. The summed E-state index contributed by atoms with van der Waals surface area (Å²) in [5.41, 5.74) is 10.6. The summed E-state index contributed by atoms with van der Waals surface area (Å²) < 4.78 is 5.04. The van der Waals surface area contributed by atoms with E-state index in [0.29, 0.717) is 0 Å². The number of amides is 1. The molecule has 0 aromatic rings. The Labute approximate surface area is 92.2 Å². The zero-order chi connectivity index (χ0) is 12.3. The maximum Gasteiger partial charge on any atom is 0.234 e. The van der Waals surface area contributed by atoms with Crippen LogP contribution in [-0.2, 0) is 9.53 Å². The number of nitrogens with one attached hydrogen (secondary N) is 1. The van der Waals surface area contributed by atoms with E-state index in [-0.39, 0.29) is 6.54 Å². The lowest BCUT2D eigenvalue weighted by molar-refractivity contribution is -0.193. The molecule has 0 bridgehead atoms. The Kier molecular flexibility index (Phi) is 4.59. The highest BCUT2D eigenvalue weighted by Gasteiger charge is 2.43. The summed E-state index contributed by atoms with van der Waals surface area (Å²) in [4.78, 5) is 11.0. The van der Waals surface area contributed by atoms with Crippen LogP contribution >= 0.6 is 0 Å². The molecule has 0 spiro atoms. The van der Waals surface area contributed by atoms with Crippen molar-refractivity contribution in [2.45, 2.75) is 30.6 Å². The van der Waals surface area contributed by atoms with Crippen molar-refractivity contribution < 1.29 is 24.9 Å². The molecule has 16 heavy (non-hydrogen) atoms. The van der Waals surface area contributed by atoms with Crippen LogP contribution in [0.15, 0.2) is 0 Å². The van der Waals surface area contributed by atoms with Crippen molar-refractivity contribution in [3.8, 4) is 0 Å². The maximum absolute atomic E-state index is 11.0. The van der Waals surface area contributed by atoms with Crippen molar-refractivity contribution in [3.05, 3.63) is 0 Å².